The Bertz CT molecular complexity index is 415. The van der Waals surface area contributed by atoms with Crippen LogP contribution < -0.4 is 0 Å². The van der Waals surface area contributed by atoms with Crippen molar-refractivity contribution in [3.8, 4) is 0 Å². The van der Waals surface area contributed by atoms with E-state index in [-0.39, 0.29) is 11.4 Å². The van der Waals surface area contributed by atoms with E-state index in [2.05, 4.69) is 9.72 Å². The zero-order valence-corrected chi connectivity index (χ0v) is 11.1. The Kier molecular flexibility index (Phi) is 4.85. The average molecular weight is 362 g/mol. The highest BCUT2D eigenvalue weighted by atomic mass is 127. The van der Waals surface area contributed by atoms with Gasteiger partial charge in [0.15, 0.2) is 0 Å². The molecule has 0 fully saturated rings. The fourth-order valence-corrected chi connectivity index (χ4v) is 2.11. The first-order chi connectivity index (χ1) is 7.47. The maximum Gasteiger partial charge on any atom is 0.310 e. The number of nitrogens with zero attached hydrogens (tertiary/aromatic N) is 1. The lowest BCUT2D eigenvalue weighted by Gasteiger charge is -2.09. The fraction of sp³-hybridized carbons (Fsp3) is 0.333. The summed E-state index contributed by atoms with van der Waals surface area (Å²) < 4.78 is 30.0. The summed E-state index contributed by atoms with van der Waals surface area (Å²) in [5, 5.41) is -0.174. The van der Waals surface area contributed by atoms with E-state index in [1.54, 1.807) is 0 Å². The van der Waals surface area contributed by atoms with Gasteiger partial charge < -0.3 is 4.74 Å². The third-order valence-corrected chi connectivity index (χ3v) is 3.20. The summed E-state index contributed by atoms with van der Waals surface area (Å²) in [5.74, 6) is -0.536. The molecule has 0 unspecified atom stereocenters. The quantitative estimate of drug-likeness (QED) is 0.614. The number of halogens is 4. The standard InChI is InChI=1S/C9H7ClF2INO2/c1-16-6(15)2-4-5(13)3-14-8(7(4)10)9(11)12/h3,9H,2H2,1H3. The van der Waals surface area contributed by atoms with E-state index in [4.69, 9.17) is 11.6 Å². The summed E-state index contributed by atoms with van der Waals surface area (Å²) >= 11 is 7.63. The molecule has 0 atom stereocenters. The highest BCUT2D eigenvalue weighted by molar-refractivity contribution is 14.1. The number of alkyl halides is 2. The average Bonchev–Trinajstić information content (AvgIpc) is 2.23. The largest absolute Gasteiger partial charge is 0.469 e. The maximum atomic E-state index is 12.5. The van der Waals surface area contributed by atoms with Crippen LogP contribution in [0, 0.1) is 3.57 Å². The molecular weight excluding hydrogens is 354 g/mol. The minimum absolute atomic E-state index is 0.143. The molecule has 88 valence electrons. The Morgan fingerprint density at radius 2 is 2.31 bits per heavy atom. The van der Waals surface area contributed by atoms with Gasteiger partial charge in [0.2, 0.25) is 0 Å². The highest BCUT2D eigenvalue weighted by Gasteiger charge is 2.20. The van der Waals surface area contributed by atoms with E-state index in [1.165, 1.54) is 13.3 Å². The molecule has 1 aromatic rings. The van der Waals surface area contributed by atoms with Crippen LogP contribution in [0.3, 0.4) is 0 Å². The summed E-state index contributed by atoms with van der Waals surface area (Å²) in [7, 11) is 1.22. The van der Waals surface area contributed by atoms with Crippen LogP contribution in [0.2, 0.25) is 5.02 Å². The van der Waals surface area contributed by atoms with E-state index in [0.717, 1.165) is 0 Å². The van der Waals surface area contributed by atoms with Gasteiger partial charge in [0, 0.05) is 9.77 Å². The summed E-state index contributed by atoms with van der Waals surface area (Å²) in [6, 6.07) is 0. The molecule has 1 aromatic heterocycles. The van der Waals surface area contributed by atoms with Crippen LogP contribution in [0.15, 0.2) is 6.20 Å². The van der Waals surface area contributed by atoms with Gasteiger partial charge in [-0.05, 0) is 28.2 Å². The fourth-order valence-electron chi connectivity index (χ4n) is 1.05. The van der Waals surface area contributed by atoms with Crippen molar-refractivity contribution in [2.24, 2.45) is 0 Å². The van der Waals surface area contributed by atoms with E-state index in [9.17, 15) is 13.6 Å². The van der Waals surface area contributed by atoms with Gasteiger partial charge in [0.1, 0.15) is 5.69 Å². The first-order valence-corrected chi connectivity index (χ1v) is 5.60. The number of carbonyl (C=O) groups is 1. The number of ether oxygens (including phenoxy) is 1. The normalized spacial score (nSPS) is 10.6. The first-order valence-electron chi connectivity index (χ1n) is 4.15. The number of esters is 1. The Hall–Kier alpha value is -0.500. The van der Waals surface area contributed by atoms with E-state index >= 15 is 0 Å². The second-order valence-electron chi connectivity index (χ2n) is 2.84. The predicted octanol–water partition coefficient (Wildman–Crippen LogP) is 2.99. The topological polar surface area (TPSA) is 39.2 Å². The Morgan fingerprint density at radius 3 is 2.81 bits per heavy atom. The molecule has 0 radical (unpaired) electrons. The number of pyridine rings is 1. The number of aromatic nitrogens is 1. The molecule has 7 heteroatoms. The minimum atomic E-state index is -2.76. The van der Waals surface area contributed by atoms with Gasteiger partial charge in [0.25, 0.3) is 6.43 Å². The second kappa shape index (κ2) is 5.72. The number of carbonyl (C=O) groups excluding carboxylic acids is 1. The first kappa shape index (κ1) is 13.6. The lowest BCUT2D eigenvalue weighted by Crippen LogP contribution is -2.08. The smallest absolute Gasteiger partial charge is 0.310 e. The molecule has 3 nitrogen and oxygen atoms in total. The van der Waals surface area contributed by atoms with Crippen molar-refractivity contribution < 1.29 is 18.3 Å². The zero-order valence-electron chi connectivity index (χ0n) is 8.14. The van der Waals surface area contributed by atoms with Crippen LogP contribution in [0.5, 0.6) is 0 Å². The Balaban J connectivity index is 3.16. The van der Waals surface area contributed by atoms with Crippen molar-refractivity contribution in [3.63, 3.8) is 0 Å². The van der Waals surface area contributed by atoms with Crippen molar-refractivity contribution in [3.05, 3.63) is 26.0 Å². The molecule has 0 N–H and O–H groups in total. The molecule has 16 heavy (non-hydrogen) atoms. The van der Waals surface area contributed by atoms with Gasteiger partial charge in [-0.15, -0.1) is 0 Å². The van der Waals surface area contributed by atoms with Crippen molar-refractivity contribution in [1.29, 1.82) is 0 Å². The van der Waals surface area contributed by atoms with Gasteiger partial charge in [-0.2, -0.15) is 0 Å². The molecule has 1 rings (SSSR count). The number of rotatable bonds is 3. The second-order valence-corrected chi connectivity index (χ2v) is 4.38. The van der Waals surface area contributed by atoms with Gasteiger partial charge in [-0.25, -0.2) is 8.78 Å². The minimum Gasteiger partial charge on any atom is -0.469 e. The van der Waals surface area contributed by atoms with E-state index < -0.39 is 18.1 Å². The molecule has 0 spiro atoms. The third-order valence-electron chi connectivity index (χ3n) is 1.85. The number of hydrogen-bond acceptors (Lipinski definition) is 3. The van der Waals surface area contributed by atoms with Crippen LogP contribution in [0.4, 0.5) is 8.78 Å². The summed E-state index contributed by atoms with van der Waals surface area (Å²) in [6.45, 7) is 0. The maximum absolute atomic E-state index is 12.5. The van der Waals surface area contributed by atoms with Crippen molar-refractivity contribution in [1.82, 2.24) is 4.98 Å². The molecule has 0 aromatic carbocycles. The lowest BCUT2D eigenvalue weighted by molar-refractivity contribution is -0.139. The van der Waals surface area contributed by atoms with Crippen LogP contribution in [0.1, 0.15) is 17.7 Å². The Labute approximate surface area is 109 Å². The monoisotopic (exact) mass is 361 g/mol. The van der Waals surface area contributed by atoms with Crippen LogP contribution >= 0.6 is 34.2 Å². The van der Waals surface area contributed by atoms with Gasteiger partial charge in [-0.1, -0.05) is 11.6 Å². The van der Waals surface area contributed by atoms with Gasteiger partial charge in [-0.3, -0.25) is 9.78 Å². The van der Waals surface area contributed by atoms with Crippen LogP contribution in [-0.2, 0) is 16.0 Å². The predicted molar refractivity (Wildman–Crippen MR) is 62.6 cm³/mol. The molecule has 0 saturated carbocycles. The van der Waals surface area contributed by atoms with Crippen LogP contribution in [0.25, 0.3) is 0 Å². The number of hydrogen-bond donors (Lipinski definition) is 0. The molecule has 0 aliphatic carbocycles. The van der Waals surface area contributed by atoms with Crippen molar-refractivity contribution in [2.45, 2.75) is 12.8 Å². The molecule has 0 aliphatic rings. The molecule has 0 amide bonds. The van der Waals surface area contributed by atoms with E-state index in [0.29, 0.717) is 9.13 Å². The Morgan fingerprint density at radius 1 is 1.69 bits per heavy atom. The van der Waals surface area contributed by atoms with Crippen molar-refractivity contribution in [2.75, 3.05) is 7.11 Å². The summed E-state index contributed by atoms with van der Waals surface area (Å²) in [6.07, 6.45) is -1.65. The molecule has 0 saturated heterocycles. The zero-order chi connectivity index (χ0) is 12.3. The highest BCUT2D eigenvalue weighted by Crippen LogP contribution is 2.30. The summed E-state index contributed by atoms with van der Waals surface area (Å²) in [4.78, 5) is 14.6. The summed E-state index contributed by atoms with van der Waals surface area (Å²) in [5.41, 5.74) is -0.194. The molecule has 0 bridgehead atoms. The SMILES string of the molecule is COC(=O)Cc1c(I)cnc(C(F)F)c1Cl. The van der Waals surface area contributed by atoms with Crippen molar-refractivity contribution >= 4 is 40.2 Å². The van der Waals surface area contributed by atoms with E-state index in [1.807, 2.05) is 22.6 Å². The lowest BCUT2D eigenvalue weighted by atomic mass is 10.1. The third kappa shape index (κ3) is 3.00. The van der Waals surface area contributed by atoms with Gasteiger partial charge in [0.05, 0.1) is 18.6 Å². The van der Waals surface area contributed by atoms with Crippen LogP contribution in [-0.4, -0.2) is 18.1 Å². The van der Waals surface area contributed by atoms with Gasteiger partial charge >= 0.3 is 5.97 Å². The number of methoxy groups -OCH3 is 1. The molecular formula is C9H7ClF2INO2. The molecule has 0 aliphatic heterocycles. The molecule has 1 heterocycles.